The largest absolute Gasteiger partial charge is 0.381 e. The van der Waals surface area contributed by atoms with E-state index < -0.39 is 0 Å². The average molecular weight is 319 g/mol. The second-order valence-electron chi connectivity index (χ2n) is 6.37. The van der Waals surface area contributed by atoms with Gasteiger partial charge in [0.2, 0.25) is 5.13 Å². The van der Waals surface area contributed by atoms with E-state index in [1.807, 2.05) is 19.4 Å². The number of imidazole rings is 1. The first-order valence-corrected chi connectivity index (χ1v) is 8.71. The maximum absolute atomic E-state index is 5.94. The van der Waals surface area contributed by atoms with Crippen molar-refractivity contribution in [2.45, 2.75) is 32.9 Å². The van der Waals surface area contributed by atoms with E-state index in [1.165, 1.54) is 18.5 Å². The minimum atomic E-state index is 0.457. The molecule has 1 fully saturated rings. The van der Waals surface area contributed by atoms with Crippen LogP contribution in [0.3, 0.4) is 0 Å². The van der Waals surface area contributed by atoms with Crippen molar-refractivity contribution in [3.63, 3.8) is 0 Å². The van der Waals surface area contributed by atoms with E-state index in [0.29, 0.717) is 5.92 Å². The molecular formula is C15H21N5OS. The third-order valence-electron chi connectivity index (χ3n) is 4.27. The van der Waals surface area contributed by atoms with Gasteiger partial charge in [0, 0.05) is 31.8 Å². The van der Waals surface area contributed by atoms with Crippen LogP contribution < -0.4 is 4.90 Å². The van der Waals surface area contributed by atoms with Gasteiger partial charge in [-0.05, 0) is 25.7 Å². The van der Waals surface area contributed by atoms with Crippen molar-refractivity contribution in [2.24, 2.45) is 11.8 Å². The fraction of sp³-hybridized carbons (Fsp3) is 0.667. The smallest absolute Gasteiger partial charge is 0.208 e. The molecule has 0 unspecified atom stereocenters. The average Bonchev–Trinajstić information content (AvgIpc) is 3.12. The van der Waals surface area contributed by atoms with E-state index in [1.54, 1.807) is 11.3 Å². The Hall–Kier alpha value is -1.47. The molecule has 118 valence electrons. The Morgan fingerprint density at radius 3 is 2.86 bits per heavy atom. The summed E-state index contributed by atoms with van der Waals surface area (Å²) >= 11 is 1.65. The van der Waals surface area contributed by atoms with Gasteiger partial charge in [0.1, 0.15) is 5.01 Å². The quantitative estimate of drug-likeness (QED) is 0.845. The molecule has 2 aliphatic rings. The highest BCUT2D eigenvalue weighted by Gasteiger charge is 2.26. The Labute approximate surface area is 134 Å². The summed E-state index contributed by atoms with van der Waals surface area (Å²) in [6.07, 6.45) is 6.56. The van der Waals surface area contributed by atoms with E-state index in [0.717, 1.165) is 48.9 Å². The number of nitrogens with zero attached hydrogens (tertiary/aromatic N) is 5. The number of hydrogen-bond acceptors (Lipinski definition) is 6. The molecule has 0 aromatic carbocycles. The molecule has 2 aromatic rings. The third kappa shape index (κ3) is 3.15. The molecule has 6 nitrogen and oxygen atoms in total. The minimum absolute atomic E-state index is 0.457. The van der Waals surface area contributed by atoms with Crippen molar-refractivity contribution < 1.29 is 4.74 Å². The summed E-state index contributed by atoms with van der Waals surface area (Å²) in [7, 11) is 0. The maximum atomic E-state index is 5.94. The fourth-order valence-electron chi connectivity index (χ4n) is 2.90. The maximum Gasteiger partial charge on any atom is 0.208 e. The van der Waals surface area contributed by atoms with Gasteiger partial charge in [0.05, 0.1) is 25.2 Å². The molecule has 0 radical (unpaired) electrons. The molecule has 2 aromatic heterocycles. The zero-order valence-corrected chi connectivity index (χ0v) is 13.6. The van der Waals surface area contributed by atoms with Crippen LogP contribution in [0.1, 0.15) is 23.5 Å². The first-order valence-electron chi connectivity index (χ1n) is 7.90. The number of aromatic nitrogens is 4. The van der Waals surface area contributed by atoms with Crippen LogP contribution in [-0.4, -0.2) is 39.5 Å². The van der Waals surface area contributed by atoms with Gasteiger partial charge in [-0.25, -0.2) is 4.98 Å². The van der Waals surface area contributed by atoms with Gasteiger partial charge in [0.15, 0.2) is 0 Å². The van der Waals surface area contributed by atoms with Crippen molar-refractivity contribution in [1.82, 2.24) is 19.7 Å². The topological polar surface area (TPSA) is 56.1 Å². The highest BCUT2D eigenvalue weighted by Crippen LogP contribution is 2.29. The molecule has 0 saturated heterocycles. The lowest BCUT2D eigenvalue weighted by atomic mass is 10.1. The summed E-state index contributed by atoms with van der Waals surface area (Å²) < 4.78 is 8.19. The summed E-state index contributed by atoms with van der Waals surface area (Å²) in [5, 5.41) is 10.5. The molecule has 0 amide bonds. The van der Waals surface area contributed by atoms with Gasteiger partial charge < -0.3 is 14.2 Å². The Bertz CT molecular complexity index is 635. The van der Waals surface area contributed by atoms with E-state index in [4.69, 9.17) is 4.74 Å². The predicted molar refractivity (Wildman–Crippen MR) is 85.0 cm³/mol. The van der Waals surface area contributed by atoms with Crippen LogP contribution in [0.25, 0.3) is 0 Å². The van der Waals surface area contributed by atoms with Crippen LogP contribution in [0.5, 0.6) is 0 Å². The lowest BCUT2D eigenvalue weighted by Gasteiger charge is -2.23. The Kier molecular flexibility index (Phi) is 3.83. The normalized spacial score (nSPS) is 21.7. The van der Waals surface area contributed by atoms with Crippen LogP contribution >= 0.6 is 11.3 Å². The van der Waals surface area contributed by atoms with Crippen molar-refractivity contribution >= 4 is 16.5 Å². The lowest BCUT2D eigenvalue weighted by Crippen LogP contribution is -2.30. The van der Waals surface area contributed by atoms with Crippen LogP contribution in [-0.2, 0) is 17.8 Å². The molecule has 0 spiro atoms. The molecular weight excluding hydrogens is 298 g/mol. The highest BCUT2D eigenvalue weighted by molar-refractivity contribution is 7.15. The standard InChI is InChI=1S/C15H21N5OS/c1-11-17-18-15(22-11)19-5-13(9-21-8-12-2-3-12)6-20-10-16-4-14(20)7-19/h4,10,12-13H,2-3,5-9H2,1H3/t13-/m1/s1. The first kappa shape index (κ1) is 14.1. The second-order valence-corrected chi connectivity index (χ2v) is 7.53. The summed E-state index contributed by atoms with van der Waals surface area (Å²) in [5.74, 6) is 1.27. The highest BCUT2D eigenvalue weighted by atomic mass is 32.1. The van der Waals surface area contributed by atoms with Gasteiger partial charge in [-0.2, -0.15) is 0 Å². The molecule has 0 bridgehead atoms. The number of anilines is 1. The summed E-state index contributed by atoms with van der Waals surface area (Å²) in [5.41, 5.74) is 1.23. The van der Waals surface area contributed by atoms with Gasteiger partial charge in [-0.1, -0.05) is 11.3 Å². The molecule has 4 rings (SSSR count). The van der Waals surface area contributed by atoms with Gasteiger partial charge in [-0.15, -0.1) is 10.2 Å². The number of hydrogen-bond donors (Lipinski definition) is 0. The van der Waals surface area contributed by atoms with E-state index in [9.17, 15) is 0 Å². The van der Waals surface area contributed by atoms with Crippen LogP contribution in [0.2, 0.25) is 0 Å². The number of rotatable bonds is 5. The number of aryl methyl sites for hydroxylation is 1. The Morgan fingerprint density at radius 2 is 2.09 bits per heavy atom. The van der Waals surface area contributed by atoms with Crippen LogP contribution in [0.15, 0.2) is 12.5 Å². The van der Waals surface area contributed by atoms with E-state index in [-0.39, 0.29) is 0 Å². The van der Waals surface area contributed by atoms with Crippen molar-refractivity contribution in [1.29, 1.82) is 0 Å². The fourth-order valence-corrected chi connectivity index (χ4v) is 3.60. The van der Waals surface area contributed by atoms with Gasteiger partial charge in [0.25, 0.3) is 0 Å². The molecule has 22 heavy (non-hydrogen) atoms. The Morgan fingerprint density at radius 1 is 1.23 bits per heavy atom. The summed E-state index contributed by atoms with van der Waals surface area (Å²) in [6.45, 7) is 6.50. The van der Waals surface area contributed by atoms with Crippen molar-refractivity contribution in [3.05, 3.63) is 23.2 Å². The molecule has 1 atom stereocenters. The molecule has 1 saturated carbocycles. The zero-order chi connectivity index (χ0) is 14.9. The number of fused-ring (bicyclic) bond motifs is 1. The van der Waals surface area contributed by atoms with E-state index in [2.05, 4.69) is 24.6 Å². The Balaban J connectivity index is 1.49. The van der Waals surface area contributed by atoms with Crippen molar-refractivity contribution in [2.75, 3.05) is 24.7 Å². The zero-order valence-electron chi connectivity index (χ0n) is 12.8. The molecule has 0 N–H and O–H groups in total. The molecule has 1 aliphatic heterocycles. The van der Waals surface area contributed by atoms with Crippen molar-refractivity contribution in [3.8, 4) is 0 Å². The monoisotopic (exact) mass is 319 g/mol. The van der Waals surface area contributed by atoms with Gasteiger partial charge >= 0.3 is 0 Å². The molecule has 3 heterocycles. The first-order chi connectivity index (χ1) is 10.8. The van der Waals surface area contributed by atoms with E-state index >= 15 is 0 Å². The van der Waals surface area contributed by atoms with Crippen LogP contribution in [0.4, 0.5) is 5.13 Å². The predicted octanol–water partition coefficient (Wildman–Crippen LogP) is 2.11. The minimum Gasteiger partial charge on any atom is -0.381 e. The summed E-state index contributed by atoms with van der Waals surface area (Å²) in [4.78, 5) is 6.61. The molecule has 1 aliphatic carbocycles. The third-order valence-corrected chi connectivity index (χ3v) is 5.17. The second kappa shape index (κ2) is 5.96. The molecule has 7 heteroatoms. The van der Waals surface area contributed by atoms with Crippen LogP contribution in [0, 0.1) is 18.8 Å². The SMILES string of the molecule is Cc1nnc(N2Cc3cncn3C[C@H](COCC3CC3)C2)s1. The summed E-state index contributed by atoms with van der Waals surface area (Å²) in [6, 6.07) is 0. The number of ether oxygens (including phenoxy) is 1. The van der Waals surface area contributed by atoms with Gasteiger partial charge in [-0.3, -0.25) is 0 Å². The lowest BCUT2D eigenvalue weighted by molar-refractivity contribution is 0.0883.